The van der Waals surface area contributed by atoms with Gasteiger partial charge in [0.1, 0.15) is 0 Å². The van der Waals surface area contributed by atoms with Crippen LogP contribution in [0.3, 0.4) is 0 Å². The Labute approximate surface area is 70.4 Å². The molecule has 1 atom stereocenters. The number of nitrogens with zero attached hydrogens (tertiary/aromatic N) is 1. The van der Waals surface area contributed by atoms with Crippen LogP contribution in [0.5, 0.6) is 0 Å². The molecule has 0 saturated heterocycles. The van der Waals surface area contributed by atoms with Gasteiger partial charge in [0.05, 0.1) is 11.5 Å². The van der Waals surface area contributed by atoms with E-state index in [4.69, 9.17) is 5.26 Å². The molecule has 0 fully saturated rings. The van der Waals surface area contributed by atoms with Crippen molar-refractivity contribution >= 4 is 0 Å². The van der Waals surface area contributed by atoms with Gasteiger partial charge >= 0.3 is 0 Å². The van der Waals surface area contributed by atoms with Crippen LogP contribution in [0.4, 0.5) is 0 Å². The zero-order valence-electron chi connectivity index (χ0n) is 8.31. The van der Waals surface area contributed by atoms with E-state index in [1.165, 1.54) is 0 Å². The quantitative estimate of drug-likeness (QED) is 0.610. The standard InChI is InChI=1S/C10H19N/c1-6-9(8(2)3)10(4,5)7-11/h8-9H,6H2,1-5H3. The van der Waals surface area contributed by atoms with Crippen LogP contribution >= 0.6 is 0 Å². The minimum atomic E-state index is -0.164. The molecule has 0 saturated carbocycles. The van der Waals surface area contributed by atoms with Crippen molar-refractivity contribution in [1.29, 1.82) is 5.26 Å². The second-order valence-electron chi connectivity index (χ2n) is 4.09. The summed E-state index contributed by atoms with van der Waals surface area (Å²) in [6, 6.07) is 2.37. The van der Waals surface area contributed by atoms with Crippen molar-refractivity contribution < 1.29 is 0 Å². The van der Waals surface area contributed by atoms with Gasteiger partial charge in [-0.25, -0.2) is 0 Å². The minimum absolute atomic E-state index is 0.164. The maximum Gasteiger partial charge on any atom is 0.0686 e. The Kier molecular flexibility index (Phi) is 3.58. The van der Waals surface area contributed by atoms with Gasteiger partial charge in [0.15, 0.2) is 0 Å². The van der Waals surface area contributed by atoms with Gasteiger partial charge in [0.2, 0.25) is 0 Å². The maximum absolute atomic E-state index is 8.89. The number of nitriles is 1. The van der Waals surface area contributed by atoms with Gasteiger partial charge in [-0.2, -0.15) is 5.26 Å². The molecule has 0 amide bonds. The Morgan fingerprint density at radius 2 is 1.82 bits per heavy atom. The molecular formula is C10H19N. The van der Waals surface area contributed by atoms with E-state index in [1.54, 1.807) is 0 Å². The largest absolute Gasteiger partial charge is 0.198 e. The molecule has 1 nitrogen and oxygen atoms in total. The molecular weight excluding hydrogens is 134 g/mol. The fraction of sp³-hybridized carbons (Fsp3) is 0.900. The zero-order chi connectivity index (χ0) is 9.07. The summed E-state index contributed by atoms with van der Waals surface area (Å²) in [5.41, 5.74) is -0.164. The Hall–Kier alpha value is -0.510. The van der Waals surface area contributed by atoms with Crippen LogP contribution in [0.2, 0.25) is 0 Å². The summed E-state index contributed by atoms with van der Waals surface area (Å²) in [6.45, 7) is 10.6. The first-order chi connectivity index (χ1) is 4.95. The average Bonchev–Trinajstić information content (AvgIpc) is 1.88. The highest BCUT2D eigenvalue weighted by Gasteiger charge is 2.29. The molecule has 11 heavy (non-hydrogen) atoms. The molecule has 0 rings (SSSR count). The highest BCUT2D eigenvalue weighted by molar-refractivity contribution is 4.97. The third-order valence-electron chi connectivity index (χ3n) is 2.46. The first kappa shape index (κ1) is 10.5. The smallest absolute Gasteiger partial charge is 0.0686 e. The van der Waals surface area contributed by atoms with Crippen molar-refractivity contribution in [3.05, 3.63) is 0 Å². The van der Waals surface area contributed by atoms with Crippen LogP contribution in [0.15, 0.2) is 0 Å². The highest BCUT2D eigenvalue weighted by atomic mass is 14.4. The maximum atomic E-state index is 8.89. The monoisotopic (exact) mass is 153 g/mol. The van der Waals surface area contributed by atoms with E-state index in [0.717, 1.165) is 6.42 Å². The lowest BCUT2D eigenvalue weighted by molar-refractivity contribution is 0.212. The SMILES string of the molecule is CCC(C(C)C)C(C)(C)C#N. The third kappa shape index (κ3) is 2.54. The summed E-state index contributed by atoms with van der Waals surface area (Å²) in [5, 5.41) is 8.89. The molecule has 0 aromatic heterocycles. The van der Waals surface area contributed by atoms with Crippen molar-refractivity contribution in [2.45, 2.75) is 41.0 Å². The minimum Gasteiger partial charge on any atom is -0.198 e. The number of hydrogen-bond acceptors (Lipinski definition) is 1. The molecule has 1 unspecified atom stereocenters. The van der Waals surface area contributed by atoms with Crippen molar-refractivity contribution in [2.24, 2.45) is 17.3 Å². The molecule has 0 aliphatic heterocycles. The van der Waals surface area contributed by atoms with Crippen LogP contribution < -0.4 is 0 Å². The molecule has 0 aromatic carbocycles. The molecule has 0 aliphatic rings. The Bertz CT molecular complexity index is 151. The van der Waals surface area contributed by atoms with Crippen molar-refractivity contribution in [3.8, 4) is 6.07 Å². The normalized spacial score (nSPS) is 14.6. The summed E-state index contributed by atoms with van der Waals surface area (Å²) < 4.78 is 0. The molecule has 1 heteroatoms. The van der Waals surface area contributed by atoms with Crippen LogP contribution in [-0.2, 0) is 0 Å². The molecule has 0 spiro atoms. The predicted octanol–water partition coefficient (Wildman–Crippen LogP) is 3.22. The highest BCUT2D eigenvalue weighted by Crippen LogP contribution is 2.34. The van der Waals surface area contributed by atoms with Crippen molar-refractivity contribution in [1.82, 2.24) is 0 Å². The lowest BCUT2D eigenvalue weighted by atomic mass is 9.72. The summed E-state index contributed by atoms with van der Waals surface area (Å²) >= 11 is 0. The van der Waals surface area contributed by atoms with Gasteiger partial charge in [0, 0.05) is 0 Å². The van der Waals surface area contributed by atoms with Gasteiger partial charge in [-0.3, -0.25) is 0 Å². The van der Waals surface area contributed by atoms with E-state index in [-0.39, 0.29) is 5.41 Å². The molecule has 64 valence electrons. The molecule has 0 aromatic rings. The first-order valence-electron chi connectivity index (χ1n) is 4.37. The predicted molar refractivity (Wildman–Crippen MR) is 48.0 cm³/mol. The third-order valence-corrected chi connectivity index (χ3v) is 2.46. The van der Waals surface area contributed by atoms with E-state index in [0.29, 0.717) is 11.8 Å². The van der Waals surface area contributed by atoms with Gasteiger partial charge < -0.3 is 0 Å². The summed E-state index contributed by atoms with van der Waals surface area (Å²) in [7, 11) is 0. The lowest BCUT2D eigenvalue weighted by Gasteiger charge is -2.30. The second kappa shape index (κ2) is 3.76. The molecule has 0 aliphatic carbocycles. The Balaban J connectivity index is 4.39. The van der Waals surface area contributed by atoms with Crippen LogP contribution in [0.1, 0.15) is 41.0 Å². The lowest BCUT2D eigenvalue weighted by Crippen LogP contribution is -2.26. The Morgan fingerprint density at radius 3 is 1.91 bits per heavy atom. The molecule has 0 N–H and O–H groups in total. The molecule has 0 bridgehead atoms. The van der Waals surface area contributed by atoms with Gasteiger partial charge in [0.25, 0.3) is 0 Å². The van der Waals surface area contributed by atoms with Gasteiger partial charge in [-0.1, -0.05) is 27.2 Å². The van der Waals surface area contributed by atoms with E-state index in [2.05, 4.69) is 26.8 Å². The zero-order valence-corrected chi connectivity index (χ0v) is 8.31. The average molecular weight is 153 g/mol. The van der Waals surface area contributed by atoms with Crippen LogP contribution in [0.25, 0.3) is 0 Å². The number of hydrogen-bond donors (Lipinski definition) is 0. The summed E-state index contributed by atoms with van der Waals surface area (Å²) in [5.74, 6) is 1.13. The first-order valence-corrected chi connectivity index (χ1v) is 4.37. The van der Waals surface area contributed by atoms with Crippen LogP contribution in [-0.4, -0.2) is 0 Å². The molecule has 0 heterocycles. The topological polar surface area (TPSA) is 23.8 Å². The van der Waals surface area contributed by atoms with E-state index < -0.39 is 0 Å². The van der Waals surface area contributed by atoms with E-state index in [1.807, 2.05) is 13.8 Å². The van der Waals surface area contributed by atoms with Crippen molar-refractivity contribution in [2.75, 3.05) is 0 Å². The summed E-state index contributed by atoms with van der Waals surface area (Å²) in [6.07, 6.45) is 1.10. The van der Waals surface area contributed by atoms with Gasteiger partial charge in [-0.15, -0.1) is 0 Å². The van der Waals surface area contributed by atoms with E-state index in [9.17, 15) is 0 Å². The second-order valence-corrected chi connectivity index (χ2v) is 4.09. The van der Waals surface area contributed by atoms with Gasteiger partial charge in [-0.05, 0) is 25.7 Å². The fourth-order valence-corrected chi connectivity index (χ4v) is 1.90. The fourth-order valence-electron chi connectivity index (χ4n) is 1.90. The number of rotatable bonds is 3. The van der Waals surface area contributed by atoms with Crippen LogP contribution in [0, 0.1) is 28.6 Å². The van der Waals surface area contributed by atoms with Crippen molar-refractivity contribution in [3.63, 3.8) is 0 Å². The Morgan fingerprint density at radius 1 is 1.36 bits per heavy atom. The van der Waals surface area contributed by atoms with E-state index >= 15 is 0 Å². The summed E-state index contributed by atoms with van der Waals surface area (Å²) in [4.78, 5) is 0. The molecule has 0 radical (unpaired) electrons.